The lowest BCUT2D eigenvalue weighted by molar-refractivity contribution is 1.02. The number of nitriles is 1. The Labute approximate surface area is 104 Å². The fraction of sp³-hybridized carbons (Fsp3) is 0.308. The number of hydrogen-bond acceptors (Lipinski definition) is 4. The zero-order chi connectivity index (χ0) is 11.7. The van der Waals surface area contributed by atoms with E-state index in [9.17, 15) is 0 Å². The van der Waals surface area contributed by atoms with Crippen molar-refractivity contribution in [2.24, 2.45) is 0 Å². The number of rotatable bonds is 3. The van der Waals surface area contributed by atoms with Crippen molar-refractivity contribution < 1.29 is 0 Å². The molecule has 2 heterocycles. The summed E-state index contributed by atoms with van der Waals surface area (Å²) in [5.74, 6) is 0.597. The maximum atomic E-state index is 8.84. The summed E-state index contributed by atoms with van der Waals surface area (Å²) in [6.45, 7) is 0. The van der Waals surface area contributed by atoms with Crippen LogP contribution in [0, 0.1) is 11.3 Å². The van der Waals surface area contributed by atoms with Crippen LogP contribution >= 0.6 is 11.3 Å². The van der Waals surface area contributed by atoms with Gasteiger partial charge >= 0.3 is 0 Å². The molecule has 0 aliphatic heterocycles. The predicted molar refractivity (Wildman–Crippen MR) is 66.6 cm³/mol. The lowest BCUT2D eigenvalue weighted by Crippen LogP contribution is -1.86. The average Bonchev–Trinajstić information content (AvgIpc) is 3.13. The van der Waals surface area contributed by atoms with Gasteiger partial charge in [0.25, 0.3) is 0 Å². The summed E-state index contributed by atoms with van der Waals surface area (Å²) in [6.07, 6.45) is 6.49. The maximum absolute atomic E-state index is 8.84. The monoisotopic (exact) mass is 241 g/mol. The van der Waals surface area contributed by atoms with Crippen molar-refractivity contribution in [1.82, 2.24) is 9.97 Å². The van der Waals surface area contributed by atoms with E-state index in [2.05, 4.69) is 16.0 Å². The van der Waals surface area contributed by atoms with Crippen molar-refractivity contribution >= 4 is 11.3 Å². The summed E-state index contributed by atoms with van der Waals surface area (Å²) >= 11 is 1.63. The SMILES string of the molecule is N#CCc1sc(-c2cccnc2)nc1C1CC1. The Morgan fingerprint density at radius 3 is 3.00 bits per heavy atom. The Morgan fingerprint density at radius 1 is 1.47 bits per heavy atom. The van der Waals surface area contributed by atoms with Gasteiger partial charge < -0.3 is 0 Å². The largest absolute Gasteiger partial charge is 0.264 e. The van der Waals surface area contributed by atoms with Crippen LogP contribution < -0.4 is 0 Å². The van der Waals surface area contributed by atoms with Gasteiger partial charge in [0, 0.05) is 28.8 Å². The van der Waals surface area contributed by atoms with Gasteiger partial charge in [0.15, 0.2) is 0 Å². The lowest BCUT2D eigenvalue weighted by atomic mass is 10.2. The van der Waals surface area contributed by atoms with Crippen LogP contribution in [0.15, 0.2) is 24.5 Å². The number of pyridine rings is 1. The van der Waals surface area contributed by atoms with E-state index in [1.807, 2.05) is 18.3 Å². The van der Waals surface area contributed by atoms with E-state index in [1.165, 1.54) is 12.8 Å². The first-order valence-electron chi connectivity index (χ1n) is 5.65. The van der Waals surface area contributed by atoms with Gasteiger partial charge in [-0.2, -0.15) is 5.26 Å². The van der Waals surface area contributed by atoms with E-state index in [0.717, 1.165) is 21.1 Å². The number of thiazole rings is 1. The summed E-state index contributed by atoms with van der Waals surface area (Å²) in [6, 6.07) is 6.15. The molecule has 0 spiro atoms. The average molecular weight is 241 g/mol. The predicted octanol–water partition coefficient (Wildman–Crippen LogP) is 3.15. The first-order valence-corrected chi connectivity index (χ1v) is 6.47. The zero-order valence-electron chi connectivity index (χ0n) is 9.26. The molecule has 1 saturated carbocycles. The van der Waals surface area contributed by atoms with E-state index in [0.29, 0.717) is 12.3 Å². The first-order chi connectivity index (χ1) is 8.38. The Morgan fingerprint density at radius 2 is 2.35 bits per heavy atom. The fourth-order valence-corrected chi connectivity index (χ4v) is 2.92. The van der Waals surface area contributed by atoms with Crippen LogP contribution in [0.3, 0.4) is 0 Å². The molecule has 0 aromatic carbocycles. The Balaban J connectivity index is 2.01. The van der Waals surface area contributed by atoms with Crippen LogP contribution in [0.1, 0.15) is 29.3 Å². The highest BCUT2D eigenvalue weighted by atomic mass is 32.1. The number of nitrogens with zero attached hydrogens (tertiary/aromatic N) is 3. The van der Waals surface area contributed by atoms with Gasteiger partial charge in [0.1, 0.15) is 5.01 Å². The molecule has 0 N–H and O–H groups in total. The second-order valence-corrected chi connectivity index (χ2v) is 5.26. The third-order valence-corrected chi connectivity index (χ3v) is 3.96. The van der Waals surface area contributed by atoms with Crippen LogP contribution in [-0.2, 0) is 6.42 Å². The molecule has 0 unspecified atom stereocenters. The van der Waals surface area contributed by atoms with Gasteiger partial charge in [-0.3, -0.25) is 4.98 Å². The minimum absolute atomic E-state index is 0.476. The summed E-state index contributed by atoms with van der Waals surface area (Å²) in [7, 11) is 0. The highest BCUT2D eigenvalue weighted by molar-refractivity contribution is 7.15. The fourth-order valence-electron chi connectivity index (χ4n) is 1.85. The second kappa shape index (κ2) is 4.27. The molecule has 4 heteroatoms. The second-order valence-electron chi connectivity index (χ2n) is 4.18. The quantitative estimate of drug-likeness (QED) is 0.829. The molecule has 2 aromatic heterocycles. The molecular weight excluding hydrogens is 230 g/mol. The van der Waals surface area contributed by atoms with E-state index >= 15 is 0 Å². The van der Waals surface area contributed by atoms with Crippen LogP contribution in [0.5, 0.6) is 0 Å². The van der Waals surface area contributed by atoms with Gasteiger partial charge in [0.2, 0.25) is 0 Å². The summed E-state index contributed by atoms with van der Waals surface area (Å²) in [5.41, 5.74) is 2.19. The minimum atomic E-state index is 0.476. The van der Waals surface area contributed by atoms with Crippen molar-refractivity contribution in [3.8, 4) is 16.6 Å². The molecule has 0 atom stereocenters. The van der Waals surface area contributed by atoms with Crippen molar-refractivity contribution in [1.29, 1.82) is 5.26 Å². The molecule has 0 bridgehead atoms. The molecule has 1 fully saturated rings. The molecule has 3 rings (SSSR count). The molecule has 17 heavy (non-hydrogen) atoms. The molecule has 2 aromatic rings. The topological polar surface area (TPSA) is 49.6 Å². The summed E-state index contributed by atoms with van der Waals surface area (Å²) in [4.78, 5) is 9.93. The van der Waals surface area contributed by atoms with Crippen molar-refractivity contribution in [2.45, 2.75) is 25.2 Å². The van der Waals surface area contributed by atoms with Gasteiger partial charge in [-0.15, -0.1) is 11.3 Å². The van der Waals surface area contributed by atoms with Crippen molar-refractivity contribution in [2.75, 3.05) is 0 Å². The minimum Gasteiger partial charge on any atom is -0.264 e. The molecule has 0 amide bonds. The zero-order valence-corrected chi connectivity index (χ0v) is 10.1. The number of hydrogen-bond donors (Lipinski definition) is 0. The standard InChI is InChI=1S/C13H11N3S/c14-6-5-11-12(9-3-4-9)16-13(17-11)10-2-1-7-15-8-10/h1-2,7-9H,3-5H2. The third-order valence-electron chi connectivity index (χ3n) is 2.84. The third kappa shape index (κ3) is 2.06. The molecule has 1 aliphatic carbocycles. The van der Waals surface area contributed by atoms with E-state index in [1.54, 1.807) is 17.5 Å². The normalized spacial score (nSPS) is 14.5. The van der Waals surface area contributed by atoms with Gasteiger partial charge in [0.05, 0.1) is 18.2 Å². The van der Waals surface area contributed by atoms with Crippen LogP contribution in [0.25, 0.3) is 10.6 Å². The number of aromatic nitrogens is 2. The molecule has 3 nitrogen and oxygen atoms in total. The Hall–Kier alpha value is -1.73. The van der Waals surface area contributed by atoms with Gasteiger partial charge in [-0.25, -0.2) is 4.98 Å². The van der Waals surface area contributed by atoms with E-state index in [-0.39, 0.29) is 0 Å². The Kier molecular flexibility index (Phi) is 2.62. The Bertz CT molecular complexity index is 564. The smallest absolute Gasteiger partial charge is 0.125 e. The molecular formula is C13H11N3S. The van der Waals surface area contributed by atoms with Crippen LogP contribution in [-0.4, -0.2) is 9.97 Å². The summed E-state index contributed by atoms with van der Waals surface area (Å²) in [5, 5.41) is 9.83. The molecule has 1 aliphatic rings. The molecule has 0 radical (unpaired) electrons. The van der Waals surface area contributed by atoms with Crippen LogP contribution in [0.4, 0.5) is 0 Å². The maximum Gasteiger partial charge on any atom is 0.125 e. The van der Waals surface area contributed by atoms with Crippen LogP contribution in [0.2, 0.25) is 0 Å². The lowest BCUT2D eigenvalue weighted by Gasteiger charge is -1.93. The van der Waals surface area contributed by atoms with E-state index in [4.69, 9.17) is 5.26 Å². The summed E-state index contributed by atoms with van der Waals surface area (Å²) < 4.78 is 0. The van der Waals surface area contributed by atoms with Gasteiger partial charge in [-0.05, 0) is 25.0 Å². The highest BCUT2D eigenvalue weighted by Gasteiger charge is 2.29. The van der Waals surface area contributed by atoms with E-state index < -0.39 is 0 Å². The highest BCUT2D eigenvalue weighted by Crippen LogP contribution is 2.44. The first kappa shape index (κ1) is 10.4. The molecule has 0 saturated heterocycles. The molecule has 84 valence electrons. The van der Waals surface area contributed by atoms with Crippen molar-refractivity contribution in [3.05, 3.63) is 35.1 Å². The van der Waals surface area contributed by atoms with Crippen molar-refractivity contribution in [3.63, 3.8) is 0 Å². The van der Waals surface area contributed by atoms with Gasteiger partial charge in [-0.1, -0.05) is 0 Å².